The van der Waals surface area contributed by atoms with E-state index in [-0.39, 0.29) is 35.7 Å². The van der Waals surface area contributed by atoms with Crippen LogP contribution in [0.25, 0.3) is 0 Å². The van der Waals surface area contributed by atoms with Crippen LogP contribution in [0.4, 0.5) is 0 Å². The van der Waals surface area contributed by atoms with Gasteiger partial charge in [-0.05, 0) is 0 Å². The van der Waals surface area contributed by atoms with E-state index in [0.29, 0.717) is 13.2 Å². The monoisotopic (exact) mass is 161 g/mol. The fourth-order valence-corrected chi connectivity index (χ4v) is 1.01. The SMILES string of the molecule is N.O=[P+]1OCCCO1.[Na+]. The van der Waals surface area contributed by atoms with E-state index in [4.69, 9.17) is 0 Å². The Balaban J connectivity index is 0. The van der Waals surface area contributed by atoms with Crippen molar-refractivity contribution in [3.8, 4) is 0 Å². The van der Waals surface area contributed by atoms with E-state index < -0.39 is 8.25 Å². The zero-order valence-electron chi connectivity index (χ0n) is 5.50. The first kappa shape index (κ1) is 12.6. The number of rotatable bonds is 0. The molecule has 0 aliphatic carbocycles. The second kappa shape index (κ2) is 7.09. The summed E-state index contributed by atoms with van der Waals surface area (Å²) in [6, 6.07) is 0. The average Bonchev–Trinajstić information content (AvgIpc) is 1.69. The van der Waals surface area contributed by atoms with E-state index in [9.17, 15) is 4.57 Å². The Morgan fingerprint density at radius 3 is 1.89 bits per heavy atom. The molecule has 4 nitrogen and oxygen atoms in total. The molecule has 0 saturated carbocycles. The molecule has 0 radical (unpaired) electrons. The van der Waals surface area contributed by atoms with Gasteiger partial charge < -0.3 is 6.15 Å². The Morgan fingerprint density at radius 2 is 1.67 bits per heavy atom. The Kier molecular flexibility index (Phi) is 9.96. The fourth-order valence-electron chi connectivity index (χ4n) is 0.374. The second-order valence-corrected chi connectivity index (χ2v) is 2.21. The molecule has 1 aliphatic heterocycles. The van der Waals surface area contributed by atoms with Gasteiger partial charge in [-0.3, -0.25) is 0 Å². The van der Waals surface area contributed by atoms with E-state index in [1.807, 2.05) is 0 Å². The van der Waals surface area contributed by atoms with Crippen LogP contribution in [0, 0.1) is 0 Å². The number of hydrogen-bond donors (Lipinski definition) is 1. The predicted molar refractivity (Wildman–Crippen MR) is 29.1 cm³/mol. The summed E-state index contributed by atoms with van der Waals surface area (Å²) in [7, 11) is -1.74. The molecular weight excluding hydrogens is 152 g/mol. The van der Waals surface area contributed by atoms with Gasteiger partial charge in [0.25, 0.3) is 0 Å². The maximum Gasteiger partial charge on any atom is 1.00 e. The minimum atomic E-state index is -1.74. The quantitative estimate of drug-likeness (QED) is 0.337. The first-order valence-electron chi connectivity index (χ1n) is 2.13. The van der Waals surface area contributed by atoms with Crippen molar-refractivity contribution < 1.29 is 43.2 Å². The van der Waals surface area contributed by atoms with Crippen molar-refractivity contribution >= 4 is 8.25 Å². The Morgan fingerprint density at radius 1 is 1.22 bits per heavy atom. The third kappa shape index (κ3) is 5.43. The van der Waals surface area contributed by atoms with Crippen LogP contribution in [0.3, 0.4) is 0 Å². The van der Waals surface area contributed by atoms with Crippen LogP contribution in [-0.4, -0.2) is 13.2 Å². The van der Waals surface area contributed by atoms with Gasteiger partial charge in [0.1, 0.15) is 13.2 Å². The predicted octanol–water partition coefficient (Wildman–Crippen LogP) is -1.75. The fraction of sp³-hybridized carbons (Fsp3) is 1.00. The Hall–Kier alpha value is 0.980. The van der Waals surface area contributed by atoms with Crippen molar-refractivity contribution in [2.75, 3.05) is 13.2 Å². The molecule has 1 rings (SSSR count). The normalized spacial score (nSPS) is 17.6. The zero-order valence-corrected chi connectivity index (χ0v) is 8.39. The molecule has 0 aromatic heterocycles. The molecule has 1 fully saturated rings. The van der Waals surface area contributed by atoms with Crippen LogP contribution in [0.2, 0.25) is 0 Å². The van der Waals surface area contributed by atoms with E-state index in [2.05, 4.69) is 9.05 Å². The van der Waals surface area contributed by atoms with Gasteiger partial charge in [0.05, 0.1) is 0 Å². The molecule has 0 aromatic rings. The molecule has 0 atom stereocenters. The van der Waals surface area contributed by atoms with Crippen molar-refractivity contribution in [3.05, 3.63) is 0 Å². The van der Waals surface area contributed by atoms with Gasteiger partial charge in [-0.25, -0.2) is 0 Å². The summed E-state index contributed by atoms with van der Waals surface area (Å²) in [4.78, 5) is 0. The molecule has 0 unspecified atom stereocenters. The molecule has 1 heterocycles. The molecule has 1 saturated heterocycles. The largest absolute Gasteiger partial charge is 1.00 e. The maximum absolute atomic E-state index is 10.2. The number of hydrogen-bond acceptors (Lipinski definition) is 4. The van der Waals surface area contributed by atoms with Gasteiger partial charge in [-0.15, -0.1) is 9.05 Å². The van der Waals surface area contributed by atoms with Crippen LogP contribution >= 0.6 is 8.25 Å². The molecule has 48 valence electrons. The maximum atomic E-state index is 10.2. The van der Waals surface area contributed by atoms with Gasteiger partial charge in [0.15, 0.2) is 0 Å². The molecule has 0 bridgehead atoms. The van der Waals surface area contributed by atoms with Gasteiger partial charge in [-0.1, -0.05) is 0 Å². The molecule has 0 aromatic carbocycles. The van der Waals surface area contributed by atoms with Gasteiger partial charge >= 0.3 is 37.8 Å². The van der Waals surface area contributed by atoms with Crippen molar-refractivity contribution in [2.24, 2.45) is 0 Å². The Bertz CT molecular complexity index is 83.1. The molecule has 9 heavy (non-hydrogen) atoms. The van der Waals surface area contributed by atoms with Crippen LogP contribution in [0.5, 0.6) is 0 Å². The molecule has 0 spiro atoms. The molecular formula is C3H9NNaO3P+2. The average molecular weight is 161 g/mol. The van der Waals surface area contributed by atoms with Crippen LogP contribution < -0.4 is 35.7 Å². The van der Waals surface area contributed by atoms with Crippen molar-refractivity contribution in [1.29, 1.82) is 0 Å². The standard InChI is InChI=1S/C3H6O3P.H3N.Na/c4-7-5-2-1-3-6-7;;/h1-3H2;1H3;/q+1;;+1. The van der Waals surface area contributed by atoms with Crippen LogP contribution in [0.1, 0.15) is 6.42 Å². The Labute approximate surface area is 77.1 Å². The summed E-state index contributed by atoms with van der Waals surface area (Å²) in [5.74, 6) is 0. The summed E-state index contributed by atoms with van der Waals surface area (Å²) in [6.45, 7) is 1.16. The van der Waals surface area contributed by atoms with Crippen molar-refractivity contribution in [3.63, 3.8) is 0 Å². The van der Waals surface area contributed by atoms with E-state index in [0.717, 1.165) is 6.42 Å². The van der Waals surface area contributed by atoms with E-state index in [1.54, 1.807) is 0 Å². The molecule has 1 aliphatic rings. The smallest absolute Gasteiger partial charge is 0.344 e. The summed E-state index contributed by atoms with van der Waals surface area (Å²) in [5, 5.41) is 0. The van der Waals surface area contributed by atoms with Crippen molar-refractivity contribution in [2.45, 2.75) is 6.42 Å². The molecule has 6 heteroatoms. The zero-order chi connectivity index (χ0) is 5.11. The first-order chi connectivity index (χ1) is 3.39. The first-order valence-corrected chi connectivity index (χ1v) is 3.22. The van der Waals surface area contributed by atoms with Crippen LogP contribution in [0.15, 0.2) is 0 Å². The summed E-state index contributed by atoms with van der Waals surface area (Å²) in [6.07, 6.45) is 0.862. The van der Waals surface area contributed by atoms with E-state index in [1.165, 1.54) is 0 Å². The minimum Gasteiger partial charge on any atom is -0.344 e. The van der Waals surface area contributed by atoms with Crippen molar-refractivity contribution in [1.82, 2.24) is 6.15 Å². The van der Waals surface area contributed by atoms with Gasteiger partial charge in [0, 0.05) is 11.0 Å². The summed E-state index contributed by atoms with van der Waals surface area (Å²) < 4.78 is 19.3. The molecule has 3 N–H and O–H groups in total. The van der Waals surface area contributed by atoms with Gasteiger partial charge in [-0.2, -0.15) is 0 Å². The second-order valence-electron chi connectivity index (χ2n) is 1.24. The third-order valence-corrected chi connectivity index (χ3v) is 1.47. The minimum absolute atomic E-state index is 0. The summed E-state index contributed by atoms with van der Waals surface area (Å²) in [5.41, 5.74) is 0. The van der Waals surface area contributed by atoms with E-state index >= 15 is 0 Å². The van der Waals surface area contributed by atoms with Gasteiger partial charge in [0.2, 0.25) is 0 Å². The summed E-state index contributed by atoms with van der Waals surface area (Å²) >= 11 is 0. The van der Waals surface area contributed by atoms with Crippen LogP contribution in [-0.2, 0) is 13.6 Å². The topological polar surface area (TPSA) is 70.5 Å². The third-order valence-electron chi connectivity index (χ3n) is 0.682. The molecule has 0 amide bonds.